The fourth-order valence-corrected chi connectivity index (χ4v) is 2.18. The number of nitrogens with one attached hydrogen (secondary N) is 2. The zero-order valence-electron chi connectivity index (χ0n) is 13.4. The minimum atomic E-state index is -1.23. The predicted molar refractivity (Wildman–Crippen MR) is 80.8 cm³/mol. The SMILES string of the molecule is Cc1cc(C(C)(O)CNC(=O)Nc2nc(C)c(C)o2)c(C)o1. The van der Waals surface area contributed by atoms with Gasteiger partial charge in [-0.3, -0.25) is 5.32 Å². The molecule has 7 heteroatoms. The molecule has 2 aromatic rings. The maximum absolute atomic E-state index is 11.8. The van der Waals surface area contributed by atoms with E-state index in [2.05, 4.69) is 15.6 Å². The molecule has 0 aromatic carbocycles. The topological polar surface area (TPSA) is 101 Å². The van der Waals surface area contributed by atoms with Crippen LogP contribution in [0.25, 0.3) is 0 Å². The zero-order chi connectivity index (χ0) is 16.5. The number of aliphatic hydroxyl groups is 1. The summed E-state index contributed by atoms with van der Waals surface area (Å²) in [6.45, 7) is 8.77. The Morgan fingerprint density at radius 1 is 1.27 bits per heavy atom. The third kappa shape index (κ3) is 3.48. The van der Waals surface area contributed by atoms with E-state index in [1.165, 1.54) is 0 Å². The first-order valence-corrected chi connectivity index (χ1v) is 6.98. The monoisotopic (exact) mass is 307 g/mol. The number of anilines is 1. The van der Waals surface area contributed by atoms with Crippen LogP contribution in [0.15, 0.2) is 14.9 Å². The van der Waals surface area contributed by atoms with Gasteiger partial charge in [-0.25, -0.2) is 4.79 Å². The van der Waals surface area contributed by atoms with E-state index in [9.17, 15) is 9.90 Å². The van der Waals surface area contributed by atoms with Crippen molar-refractivity contribution in [1.82, 2.24) is 10.3 Å². The van der Waals surface area contributed by atoms with Crippen LogP contribution < -0.4 is 10.6 Å². The average Bonchev–Trinajstić information content (AvgIpc) is 2.90. The summed E-state index contributed by atoms with van der Waals surface area (Å²) in [6.07, 6.45) is 0. The molecule has 2 heterocycles. The van der Waals surface area contributed by atoms with Crippen molar-refractivity contribution in [1.29, 1.82) is 0 Å². The fourth-order valence-electron chi connectivity index (χ4n) is 2.18. The summed E-state index contributed by atoms with van der Waals surface area (Å²) in [5.41, 5.74) is 0.127. The number of carbonyl (C=O) groups excluding carboxylic acids is 1. The van der Waals surface area contributed by atoms with Gasteiger partial charge >= 0.3 is 12.0 Å². The average molecular weight is 307 g/mol. The molecule has 0 radical (unpaired) electrons. The molecule has 0 aliphatic carbocycles. The number of carbonyl (C=O) groups is 1. The number of nitrogens with zero attached hydrogens (tertiary/aromatic N) is 1. The second-order valence-corrected chi connectivity index (χ2v) is 5.57. The van der Waals surface area contributed by atoms with Crippen molar-refractivity contribution in [3.05, 3.63) is 34.6 Å². The molecular weight excluding hydrogens is 286 g/mol. The van der Waals surface area contributed by atoms with E-state index in [0.717, 1.165) is 0 Å². The highest BCUT2D eigenvalue weighted by molar-refractivity contribution is 5.87. The van der Waals surface area contributed by atoms with Crippen LogP contribution in [-0.2, 0) is 5.60 Å². The van der Waals surface area contributed by atoms with Crippen molar-refractivity contribution in [2.75, 3.05) is 11.9 Å². The summed E-state index contributed by atoms with van der Waals surface area (Å²) >= 11 is 0. The first kappa shape index (κ1) is 16.1. The van der Waals surface area contributed by atoms with Crippen LogP contribution in [0.2, 0.25) is 0 Å². The molecule has 0 fully saturated rings. The van der Waals surface area contributed by atoms with Crippen molar-refractivity contribution in [3.8, 4) is 0 Å². The third-order valence-corrected chi connectivity index (χ3v) is 3.46. The number of aromatic nitrogens is 1. The summed E-state index contributed by atoms with van der Waals surface area (Å²) < 4.78 is 10.7. The lowest BCUT2D eigenvalue weighted by Gasteiger charge is -2.23. The van der Waals surface area contributed by atoms with Gasteiger partial charge in [0, 0.05) is 5.56 Å². The van der Waals surface area contributed by atoms with Gasteiger partial charge in [0.2, 0.25) is 0 Å². The van der Waals surface area contributed by atoms with Gasteiger partial charge in [0.15, 0.2) is 0 Å². The predicted octanol–water partition coefficient (Wildman–Crippen LogP) is 2.53. The Bertz CT molecular complexity index is 666. The Morgan fingerprint density at radius 3 is 2.45 bits per heavy atom. The van der Waals surface area contributed by atoms with Gasteiger partial charge in [0.1, 0.15) is 22.9 Å². The number of urea groups is 1. The van der Waals surface area contributed by atoms with Crippen LogP contribution in [0.3, 0.4) is 0 Å². The van der Waals surface area contributed by atoms with Gasteiger partial charge in [0.25, 0.3) is 0 Å². The molecule has 3 N–H and O–H groups in total. The Kier molecular flexibility index (Phi) is 4.27. The number of rotatable bonds is 4. The maximum atomic E-state index is 11.8. The number of oxazole rings is 1. The summed E-state index contributed by atoms with van der Waals surface area (Å²) in [7, 11) is 0. The largest absolute Gasteiger partial charge is 0.466 e. The molecule has 2 rings (SSSR count). The first-order valence-electron chi connectivity index (χ1n) is 6.98. The van der Waals surface area contributed by atoms with E-state index < -0.39 is 11.6 Å². The molecule has 2 aromatic heterocycles. The van der Waals surface area contributed by atoms with Crippen LogP contribution in [-0.4, -0.2) is 22.7 Å². The Morgan fingerprint density at radius 2 is 1.95 bits per heavy atom. The van der Waals surface area contributed by atoms with Crippen LogP contribution in [0, 0.1) is 27.7 Å². The van der Waals surface area contributed by atoms with Crippen molar-refractivity contribution < 1.29 is 18.7 Å². The minimum Gasteiger partial charge on any atom is -0.466 e. The molecule has 7 nitrogen and oxygen atoms in total. The van der Waals surface area contributed by atoms with E-state index >= 15 is 0 Å². The van der Waals surface area contributed by atoms with Crippen molar-refractivity contribution in [2.45, 2.75) is 40.2 Å². The lowest BCUT2D eigenvalue weighted by Crippen LogP contribution is -2.40. The van der Waals surface area contributed by atoms with Crippen molar-refractivity contribution in [2.24, 2.45) is 0 Å². The van der Waals surface area contributed by atoms with E-state index in [1.54, 1.807) is 40.7 Å². The molecular formula is C15H21N3O4. The smallest absolute Gasteiger partial charge is 0.322 e. The molecule has 1 unspecified atom stereocenters. The maximum Gasteiger partial charge on any atom is 0.322 e. The molecule has 2 amide bonds. The van der Waals surface area contributed by atoms with Crippen molar-refractivity contribution >= 4 is 12.0 Å². The molecule has 120 valence electrons. The minimum absolute atomic E-state index is 0.0251. The highest BCUT2D eigenvalue weighted by Crippen LogP contribution is 2.26. The first-order chi connectivity index (χ1) is 10.2. The Hall–Kier alpha value is -2.28. The molecule has 0 spiro atoms. The summed E-state index contributed by atoms with van der Waals surface area (Å²) in [5, 5.41) is 15.6. The molecule has 0 saturated heterocycles. The molecule has 0 aliphatic rings. The van der Waals surface area contributed by atoms with Gasteiger partial charge in [-0.1, -0.05) is 0 Å². The van der Waals surface area contributed by atoms with Crippen LogP contribution in [0.4, 0.5) is 10.8 Å². The number of furan rings is 1. The van der Waals surface area contributed by atoms with E-state index in [-0.39, 0.29) is 12.6 Å². The number of hydrogen-bond acceptors (Lipinski definition) is 5. The van der Waals surface area contributed by atoms with E-state index in [1.807, 2.05) is 0 Å². The molecule has 0 aliphatic heterocycles. The van der Waals surface area contributed by atoms with Crippen LogP contribution >= 0.6 is 0 Å². The van der Waals surface area contributed by atoms with Gasteiger partial charge < -0.3 is 19.3 Å². The second kappa shape index (κ2) is 5.84. The number of hydrogen-bond donors (Lipinski definition) is 3. The lowest BCUT2D eigenvalue weighted by atomic mass is 9.96. The normalized spacial score (nSPS) is 13.7. The summed E-state index contributed by atoms with van der Waals surface area (Å²) in [6, 6.07) is 1.39. The summed E-state index contributed by atoms with van der Waals surface area (Å²) in [5.74, 6) is 1.98. The quantitative estimate of drug-likeness (QED) is 0.806. The Labute approximate surface area is 128 Å². The van der Waals surface area contributed by atoms with Crippen molar-refractivity contribution in [3.63, 3.8) is 0 Å². The second-order valence-electron chi connectivity index (χ2n) is 5.57. The lowest BCUT2D eigenvalue weighted by molar-refractivity contribution is 0.0584. The highest BCUT2D eigenvalue weighted by Gasteiger charge is 2.28. The van der Waals surface area contributed by atoms with Crippen LogP contribution in [0.5, 0.6) is 0 Å². The van der Waals surface area contributed by atoms with Crippen LogP contribution in [0.1, 0.15) is 35.5 Å². The van der Waals surface area contributed by atoms with Gasteiger partial charge in [0.05, 0.1) is 12.2 Å². The fraction of sp³-hybridized carbons (Fsp3) is 0.467. The van der Waals surface area contributed by atoms with E-state index in [4.69, 9.17) is 8.83 Å². The highest BCUT2D eigenvalue weighted by atomic mass is 16.4. The molecule has 0 bridgehead atoms. The number of amides is 2. The standard InChI is InChI=1S/C15H21N3O4/c1-8-6-12(11(4)21-8)15(5,20)7-16-13(19)18-14-17-9(2)10(3)22-14/h6,20H,7H2,1-5H3,(H2,16,17,18,19). The Balaban J connectivity index is 1.96. The molecule has 1 atom stereocenters. The van der Waals surface area contributed by atoms with Gasteiger partial charge in [-0.05, 0) is 40.7 Å². The third-order valence-electron chi connectivity index (χ3n) is 3.46. The zero-order valence-corrected chi connectivity index (χ0v) is 13.4. The summed E-state index contributed by atoms with van der Waals surface area (Å²) in [4.78, 5) is 15.9. The molecule has 22 heavy (non-hydrogen) atoms. The number of aryl methyl sites for hydroxylation is 4. The van der Waals surface area contributed by atoms with E-state index in [0.29, 0.717) is 28.5 Å². The molecule has 0 saturated carbocycles. The van der Waals surface area contributed by atoms with Gasteiger partial charge in [-0.15, -0.1) is 0 Å². The van der Waals surface area contributed by atoms with Gasteiger partial charge in [-0.2, -0.15) is 4.98 Å².